The minimum Gasteiger partial charge on any atom is -0.453 e. The van der Waals surface area contributed by atoms with Crippen molar-refractivity contribution in [2.75, 3.05) is 53.0 Å². The molecular formula is C22H33N3O6. The highest BCUT2D eigenvalue weighted by molar-refractivity contribution is 5.91. The standard InChI is InChI=1S/C22H33N3O6/c1-28-15-17-6-7-18(31-17)22(27)23-16-13-29-19-10-25(11-20(19)30-14-16)21(26)12-24-8-4-2-3-5-9-24/h6-7,16,19-20H,2-5,8-15H2,1H3,(H,23,27)/t19-,20-/m0/s1. The summed E-state index contributed by atoms with van der Waals surface area (Å²) in [5.74, 6) is 0.680. The second kappa shape index (κ2) is 10.6. The number of amides is 2. The fourth-order valence-electron chi connectivity index (χ4n) is 4.44. The van der Waals surface area contributed by atoms with Crippen LogP contribution in [0.5, 0.6) is 0 Å². The number of hydrogen-bond acceptors (Lipinski definition) is 7. The number of furan rings is 1. The molecule has 2 atom stereocenters. The van der Waals surface area contributed by atoms with Crippen LogP contribution < -0.4 is 5.32 Å². The third-order valence-corrected chi connectivity index (χ3v) is 6.16. The first kappa shape index (κ1) is 22.3. The smallest absolute Gasteiger partial charge is 0.287 e. The summed E-state index contributed by atoms with van der Waals surface area (Å²) in [5.41, 5.74) is 0. The van der Waals surface area contributed by atoms with Crippen molar-refractivity contribution in [2.45, 2.75) is 50.5 Å². The van der Waals surface area contributed by atoms with E-state index in [2.05, 4.69) is 10.2 Å². The number of fused-ring (bicyclic) bond motifs is 1. The zero-order valence-electron chi connectivity index (χ0n) is 18.2. The van der Waals surface area contributed by atoms with Crippen molar-refractivity contribution in [3.05, 3.63) is 23.7 Å². The van der Waals surface area contributed by atoms with Crippen LogP contribution in [0.4, 0.5) is 0 Å². The molecule has 0 saturated carbocycles. The van der Waals surface area contributed by atoms with Crippen molar-refractivity contribution in [1.29, 1.82) is 0 Å². The molecule has 0 aliphatic carbocycles. The quantitative estimate of drug-likeness (QED) is 0.713. The number of carbonyl (C=O) groups is 2. The molecular weight excluding hydrogens is 402 g/mol. The number of carbonyl (C=O) groups excluding carboxylic acids is 2. The van der Waals surface area contributed by atoms with Gasteiger partial charge < -0.3 is 28.8 Å². The highest BCUT2D eigenvalue weighted by Crippen LogP contribution is 2.21. The lowest BCUT2D eigenvalue weighted by Crippen LogP contribution is -2.42. The molecule has 0 radical (unpaired) electrons. The molecule has 0 aromatic carbocycles. The Bertz CT molecular complexity index is 729. The summed E-state index contributed by atoms with van der Waals surface area (Å²) in [5, 5.41) is 2.90. The van der Waals surface area contributed by atoms with E-state index < -0.39 is 0 Å². The highest BCUT2D eigenvalue weighted by Gasteiger charge is 2.39. The average molecular weight is 436 g/mol. The third kappa shape index (κ3) is 5.85. The highest BCUT2D eigenvalue weighted by atomic mass is 16.6. The van der Waals surface area contributed by atoms with E-state index in [9.17, 15) is 9.59 Å². The predicted octanol–water partition coefficient (Wildman–Crippen LogP) is 1.03. The van der Waals surface area contributed by atoms with Gasteiger partial charge in [0.2, 0.25) is 5.91 Å². The molecule has 172 valence electrons. The number of ether oxygens (including phenoxy) is 3. The summed E-state index contributed by atoms with van der Waals surface area (Å²) in [6, 6.07) is 3.08. The SMILES string of the molecule is COCc1ccc(C(=O)NC2CO[C@H]3CN(C(=O)CN4CCCCCC4)C[C@@H]3OC2)o1. The van der Waals surface area contributed by atoms with Crippen LogP contribution in [0.25, 0.3) is 0 Å². The van der Waals surface area contributed by atoms with Gasteiger partial charge in [0.25, 0.3) is 5.91 Å². The molecule has 9 nitrogen and oxygen atoms in total. The van der Waals surface area contributed by atoms with Gasteiger partial charge in [-0.3, -0.25) is 14.5 Å². The van der Waals surface area contributed by atoms with Crippen LogP contribution in [-0.2, 0) is 25.6 Å². The Labute approximate surface area is 183 Å². The first-order valence-corrected chi connectivity index (χ1v) is 11.2. The summed E-state index contributed by atoms with van der Waals surface area (Å²) < 4.78 is 22.5. The van der Waals surface area contributed by atoms with Crippen molar-refractivity contribution in [2.24, 2.45) is 0 Å². The van der Waals surface area contributed by atoms with Gasteiger partial charge in [0.1, 0.15) is 24.6 Å². The van der Waals surface area contributed by atoms with Crippen LogP contribution in [0.3, 0.4) is 0 Å². The van der Waals surface area contributed by atoms with E-state index >= 15 is 0 Å². The molecule has 9 heteroatoms. The second-order valence-electron chi connectivity index (χ2n) is 8.60. The van der Waals surface area contributed by atoms with Crippen molar-refractivity contribution < 1.29 is 28.2 Å². The molecule has 3 aliphatic heterocycles. The Kier molecular flexibility index (Phi) is 7.60. The van der Waals surface area contributed by atoms with E-state index in [4.69, 9.17) is 18.6 Å². The number of methoxy groups -OCH3 is 1. The molecule has 2 amide bonds. The van der Waals surface area contributed by atoms with Gasteiger partial charge >= 0.3 is 0 Å². The van der Waals surface area contributed by atoms with Gasteiger partial charge in [-0.05, 0) is 38.1 Å². The van der Waals surface area contributed by atoms with Gasteiger partial charge in [0.05, 0.1) is 25.8 Å². The topological polar surface area (TPSA) is 93.5 Å². The van der Waals surface area contributed by atoms with E-state index in [1.54, 1.807) is 19.2 Å². The monoisotopic (exact) mass is 435 g/mol. The summed E-state index contributed by atoms with van der Waals surface area (Å²) >= 11 is 0. The fourth-order valence-corrected chi connectivity index (χ4v) is 4.44. The lowest BCUT2D eigenvalue weighted by molar-refractivity contribution is -0.132. The molecule has 0 bridgehead atoms. The van der Waals surface area contributed by atoms with E-state index in [1.165, 1.54) is 25.7 Å². The Morgan fingerprint density at radius 2 is 1.74 bits per heavy atom. The fraction of sp³-hybridized carbons (Fsp3) is 0.727. The van der Waals surface area contributed by atoms with Gasteiger partial charge in [-0.25, -0.2) is 0 Å². The van der Waals surface area contributed by atoms with Crippen LogP contribution >= 0.6 is 0 Å². The van der Waals surface area contributed by atoms with E-state index in [1.807, 2.05) is 4.90 Å². The Hall–Kier alpha value is -1.94. The van der Waals surface area contributed by atoms with Crippen LogP contribution in [-0.4, -0.2) is 92.9 Å². The Morgan fingerprint density at radius 3 is 2.39 bits per heavy atom. The molecule has 0 spiro atoms. The zero-order chi connectivity index (χ0) is 21.6. The molecule has 31 heavy (non-hydrogen) atoms. The van der Waals surface area contributed by atoms with Crippen LogP contribution in [0.1, 0.15) is 42.0 Å². The summed E-state index contributed by atoms with van der Waals surface area (Å²) in [6.45, 7) is 4.56. The van der Waals surface area contributed by atoms with Gasteiger partial charge in [-0.1, -0.05) is 12.8 Å². The normalized spacial score (nSPS) is 25.6. The first-order chi connectivity index (χ1) is 15.1. The summed E-state index contributed by atoms with van der Waals surface area (Å²) in [7, 11) is 1.57. The largest absolute Gasteiger partial charge is 0.453 e. The van der Waals surface area contributed by atoms with Crippen LogP contribution in [0.2, 0.25) is 0 Å². The van der Waals surface area contributed by atoms with Gasteiger partial charge in [-0.2, -0.15) is 0 Å². The van der Waals surface area contributed by atoms with Crippen molar-refractivity contribution in [3.8, 4) is 0 Å². The van der Waals surface area contributed by atoms with E-state index in [-0.39, 0.29) is 35.8 Å². The van der Waals surface area contributed by atoms with Gasteiger partial charge in [0.15, 0.2) is 5.76 Å². The molecule has 4 heterocycles. The van der Waals surface area contributed by atoms with Crippen LogP contribution in [0, 0.1) is 0 Å². The maximum Gasteiger partial charge on any atom is 0.287 e. The second-order valence-corrected chi connectivity index (χ2v) is 8.60. The predicted molar refractivity (Wildman–Crippen MR) is 112 cm³/mol. The Balaban J connectivity index is 1.23. The number of rotatable bonds is 6. The van der Waals surface area contributed by atoms with Crippen molar-refractivity contribution >= 4 is 11.8 Å². The summed E-state index contributed by atoms with van der Waals surface area (Å²) in [6.07, 6.45) is 4.53. The average Bonchev–Trinajstić information content (AvgIpc) is 3.26. The zero-order valence-corrected chi connectivity index (χ0v) is 18.2. The lowest BCUT2D eigenvalue weighted by Gasteiger charge is -2.24. The molecule has 3 fully saturated rings. The number of hydrogen-bond donors (Lipinski definition) is 1. The molecule has 1 aromatic heterocycles. The first-order valence-electron chi connectivity index (χ1n) is 11.2. The van der Waals surface area contributed by atoms with Crippen molar-refractivity contribution in [3.63, 3.8) is 0 Å². The number of nitrogens with zero attached hydrogens (tertiary/aromatic N) is 2. The molecule has 3 aliphatic rings. The minimum absolute atomic E-state index is 0.150. The van der Waals surface area contributed by atoms with Gasteiger partial charge in [-0.15, -0.1) is 0 Å². The molecule has 0 unspecified atom stereocenters. The third-order valence-electron chi connectivity index (χ3n) is 6.16. The number of likely N-dealkylation sites (tertiary alicyclic amines) is 2. The number of nitrogens with one attached hydrogen (secondary N) is 1. The molecule has 3 saturated heterocycles. The maximum atomic E-state index is 12.8. The lowest BCUT2D eigenvalue weighted by atomic mass is 10.2. The van der Waals surface area contributed by atoms with E-state index in [0.29, 0.717) is 45.2 Å². The minimum atomic E-state index is -0.305. The maximum absolute atomic E-state index is 12.8. The summed E-state index contributed by atoms with van der Waals surface area (Å²) in [4.78, 5) is 29.3. The Morgan fingerprint density at radius 1 is 1.06 bits per heavy atom. The molecule has 1 N–H and O–H groups in total. The molecule has 1 aromatic rings. The van der Waals surface area contributed by atoms with Gasteiger partial charge in [0, 0.05) is 20.2 Å². The van der Waals surface area contributed by atoms with Crippen LogP contribution in [0.15, 0.2) is 16.5 Å². The van der Waals surface area contributed by atoms with Crippen molar-refractivity contribution in [1.82, 2.24) is 15.1 Å². The molecule has 4 rings (SSSR count). The van der Waals surface area contributed by atoms with E-state index in [0.717, 1.165) is 13.1 Å².